The van der Waals surface area contributed by atoms with Crippen LogP contribution < -0.4 is 5.73 Å². The molecule has 1 saturated carbocycles. The molecule has 1 fully saturated rings. The number of aromatic nitrogens is 3. The van der Waals surface area contributed by atoms with Crippen LogP contribution in [0.5, 0.6) is 0 Å². The summed E-state index contributed by atoms with van der Waals surface area (Å²) in [4.78, 5) is 13.4. The average molecular weight is 268 g/mol. The lowest BCUT2D eigenvalue weighted by Crippen LogP contribution is -2.38. The van der Waals surface area contributed by atoms with Crippen LogP contribution in [0.15, 0.2) is 30.3 Å². The van der Waals surface area contributed by atoms with Gasteiger partial charge in [-0.2, -0.15) is 9.97 Å². The molecule has 1 aliphatic rings. The van der Waals surface area contributed by atoms with Crippen LogP contribution >= 0.6 is 0 Å². The molecule has 0 radical (unpaired) electrons. The molecule has 2 aromatic rings. The summed E-state index contributed by atoms with van der Waals surface area (Å²) in [5.41, 5.74) is 7.12. The SMILES string of the molecule is CCCc1nc(N)nc(C2(c3ccccc3)CCC2)n1. The van der Waals surface area contributed by atoms with E-state index in [0.717, 1.165) is 37.3 Å². The molecule has 3 rings (SSSR count). The Labute approximate surface area is 119 Å². The smallest absolute Gasteiger partial charge is 0.223 e. The van der Waals surface area contributed by atoms with Crippen LogP contribution in [0.25, 0.3) is 0 Å². The van der Waals surface area contributed by atoms with Gasteiger partial charge in [-0.15, -0.1) is 0 Å². The zero-order valence-corrected chi connectivity index (χ0v) is 11.8. The fourth-order valence-electron chi connectivity index (χ4n) is 2.92. The Morgan fingerprint density at radius 1 is 1.10 bits per heavy atom. The number of nitrogen functional groups attached to an aromatic ring is 1. The van der Waals surface area contributed by atoms with E-state index in [0.29, 0.717) is 5.95 Å². The molecule has 0 bridgehead atoms. The van der Waals surface area contributed by atoms with Gasteiger partial charge >= 0.3 is 0 Å². The number of aryl methyl sites for hydroxylation is 1. The van der Waals surface area contributed by atoms with Crippen LogP contribution in [0.2, 0.25) is 0 Å². The maximum atomic E-state index is 5.88. The molecule has 2 N–H and O–H groups in total. The molecule has 0 amide bonds. The summed E-state index contributed by atoms with van der Waals surface area (Å²) in [7, 11) is 0. The molecule has 0 saturated heterocycles. The van der Waals surface area contributed by atoms with Gasteiger partial charge in [0.25, 0.3) is 0 Å². The van der Waals surface area contributed by atoms with E-state index >= 15 is 0 Å². The van der Waals surface area contributed by atoms with E-state index in [-0.39, 0.29) is 5.41 Å². The van der Waals surface area contributed by atoms with Gasteiger partial charge in [-0.25, -0.2) is 4.98 Å². The van der Waals surface area contributed by atoms with Crippen LogP contribution in [0, 0.1) is 0 Å². The first-order valence-electron chi connectivity index (χ1n) is 7.31. The van der Waals surface area contributed by atoms with Crippen molar-refractivity contribution in [2.75, 3.05) is 5.73 Å². The number of anilines is 1. The second-order valence-electron chi connectivity index (χ2n) is 5.49. The standard InChI is InChI=1S/C16H20N4/c1-2-7-13-18-14(20-15(17)19-13)16(10-6-11-16)12-8-4-3-5-9-12/h3-5,8-9H,2,6-7,10-11H2,1H3,(H2,17,18,19,20). The van der Waals surface area contributed by atoms with Gasteiger partial charge in [0.2, 0.25) is 5.95 Å². The number of rotatable bonds is 4. The third kappa shape index (κ3) is 2.15. The van der Waals surface area contributed by atoms with Crippen LogP contribution in [-0.2, 0) is 11.8 Å². The normalized spacial score (nSPS) is 16.6. The Morgan fingerprint density at radius 2 is 1.85 bits per heavy atom. The van der Waals surface area contributed by atoms with Crippen molar-refractivity contribution >= 4 is 5.95 Å². The topological polar surface area (TPSA) is 64.7 Å². The molecular weight excluding hydrogens is 248 g/mol. The highest BCUT2D eigenvalue weighted by Crippen LogP contribution is 2.47. The van der Waals surface area contributed by atoms with Crippen molar-refractivity contribution in [1.29, 1.82) is 0 Å². The number of hydrogen-bond acceptors (Lipinski definition) is 4. The second kappa shape index (κ2) is 5.19. The third-order valence-corrected chi connectivity index (χ3v) is 4.13. The van der Waals surface area contributed by atoms with Gasteiger partial charge in [0.15, 0.2) is 0 Å². The first-order valence-corrected chi connectivity index (χ1v) is 7.31. The van der Waals surface area contributed by atoms with Gasteiger partial charge in [0, 0.05) is 6.42 Å². The quantitative estimate of drug-likeness (QED) is 0.926. The lowest BCUT2D eigenvalue weighted by Gasteiger charge is -2.41. The molecule has 1 aromatic carbocycles. The molecule has 104 valence electrons. The summed E-state index contributed by atoms with van der Waals surface area (Å²) in [5.74, 6) is 2.02. The molecule has 1 aromatic heterocycles. The minimum Gasteiger partial charge on any atom is -0.368 e. The van der Waals surface area contributed by atoms with E-state index in [1.165, 1.54) is 12.0 Å². The molecule has 20 heavy (non-hydrogen) atoms. The van der Waals surface area contributed by atoms with E-state index < -0.39 is 0 Å². The maximum absolute atomic E-state index is 5.88. The maximum Gasteiger partial charge on any atom is 0.223 e. The molecule has 1 aliphatic carbocycles. The van der Waals surface area contributed by atoms with Crippen molar-refractivity contribution in [2.24, 2.45) is 0 Å². The van der Waals surface area contributed by atoms with Gasteiger partial charge in [-0.05, 0) is 24.8 Å². The van der Waals surface area contributed by atoms with Crippen molar-refractivity contribution < 1.29 is 0 Å². The van der Waals surface area contributed by atoms with Crippen molar-refractivity contribution in [2.45, 2.75) is 44.4 Å². The molecule has 4 heteroatoms. The van der Waals surface area contributed by atoms with E-state index in [9.17, 15) is 0 Å². The lowest BCUT2D eigenvalue weighted by atomic mass is 9.64. The molecular formula is C16H20N4. The highest BCUT2D eigenvalue weighted by atomic mass is 15.1. The molecule has 0 unspecified atom stereocenters. The Balaban J connectivity index is 2.06. The largest absolute Gasteiger partial charge is 0.368 e. The predicted octanol–water partition coefficient (Wildman–Crippen LogP) is 2.88. The third-order valence-electron chi connectivity index (χ3n) is 4.13. The Kier molecular flexibility index (Phi) is 3.38. The fraction of sp³-hybridized carbons (Fsp3) is 0.438. The van der Waals surface area contributed by atoms with Gasteiger partial charge < -0.3 is 5.73 Å². The molecule has 0 atom stereocenters. The fourth-order valence-corrected chi connectivity index (χ4v) is 2.92. The Hall–Kier alpha value is -1.97. The summed E-state index contributed by atoms with van der Waals surface area (Å²) in [6, 6.07) is 10.5. The monoisotopic (exact) mass is 268 g/mol. The number of nitrogens with zero attached hydrogens (tertiary/aromatic N) is 3. The number of benzene rings is 1. The van der Waals surface area contributed by atoms with Gasteiger partial charge in [-0.1, -0.05) is 43.7 Å². The summed E-state index contributed by atoms with van der Waals surface area (Å²) in [6.07, 6.45) is 5.26. The van der Waals surface area contributed by atoms with Crippen LogP contribution in [0.3, 0.4) is 0 Å². The van der Waals surface area contributed by atoms with Crippen molar-refractivity contribution in [3.05, 3.63) is 47.5 Å². The molecule has 4 nitrogen and oxygen atoms in total. The first kappa shape index (κ1) is 13.0. The van der Waals surface area contributed by atoms with Crippen LogP contribution in [0.1, 0.15) is 49.8 Å². The second-order valence-corrected chi connectivity index (χ2v) is 5.49. The number of hydrogen-bond donors (Lipinski definition) is 1. The van der Waals surface area contributed by atoms with Gasteiger partial charge in [0.1, 0.15) is 11.6 Å². The average Bonchev–Trinajstić information content (AvgIpc) is 2.38. The van der Waals surface area contributed by atoms with Crippen LogP contribution in [0.4, 0.5) is 5.95 Å². The van der Waals surface area contributed by atoms with Crippen molar-refractivity contribution in [3.63, 3.8) is 0 Å². The minimum absolute atomic E-state index is 0.0548. The molecule has 0 spiro atoms. The van der Waals surface area contributed by atoms with E-state index in [1.54, 1.807) is 0 Å². The summed E-state index contributed by atoms with van der Waals surface area (Å²) in [5, 5.41) is 0. The van der Waals surface area contributed by atoms with E-state index in [4.69, 9.17) is 10.7 Å². The summed E-state index contributed by atoms with van der Waals surface area (Å²) in [6.45, 7) is 2.12. The van der Waals surface area contributed by atoms with E-state index in [1.807, 2.05) is 6.07 Å². The Bertz CT molecular complexity index is 591. The summed E-state index contributed by atoms with van der Waals surface area (Å²) >= 11 is 0. The van der Waals surface area contributed by atoms with Gasteiger partial charge in [0.05, 0.1) is 5.41 Å². The highest BCUT2D eigenvalue weighted by Gasteiger charge is 2.43. The Morgan fingerprint density at radius 3 is 2.45 bits per heavy atom. The highest BCUT2D eigenvalue weighted by molar-refractivity contribution is 5.37. The zero-order chi connectivity index (χ0) is 14.0. The number of nitrogens with two attached hydrogens (primary N) is 1. The minimum atomic E-state index is -0.0548. The first-order chi connectivity index (χ1) is 9.74. The molecule has 1 heterocycles. The van der Waals surface area contributed by atoms with Gasteiger partial charge in [-0.3, -0.25) is 0 Å². The van der Waals surface area contributed by atoms with Crippen molar-refractivity contribution in [1.82, 2.24) is 15.0 Å². The summed E-state index contributed by atoms with van der Waals surface area (Å²) < 4.78 is 0. The van der Waals surface area contributed by atoms with Crippen molar-refractivity contribution in [3.8, 4) is 0 Å². The van der Waals surface area contributed by atoms with E-state index in [2.05, 4.69) is 41.2 Å². The van der Waals surface area contributed by atoms with Crippen LogP contribution in [-0.4, -0.2) is 15.0 Å². The lowest BCUT2D eigenvalue weighted by molar-refractivity contribution is 0.284. The zero-order valence-electron chi connectivity index (χ0n) is 11.8. The predicted molar refractivity (Wildman–Crippen MR) is 79.3 cm³/mol. The molecule has 0 aliphatic heterocycles.